The normalized spacial score (nSPS) is 23.8. The number of likely N-dealkylation sites (tertiary alicyclic amines) is 2. The number of ether oxygens (including phenoxy) is 2. The predicted octanol–water partition coefficient (Wildman–Crippen LogP) is 6.28. The van der Waals surface area contributed by atoms with Crippen LogP contribution in [0.4, 0.5) is 41.2 Å². The van der Waals surface area contributed by atoms with Gasteiger partial charge in [0.05, 0.1) is 19.8 Å². The van der Waals surface area contributed by atoms with Gasteiger partial charge in [-0.15, -0.1) is 0 Å². The zero-order valence-electron chi connectivity index (χ0n) is 26.7. The second kappa shape index (κ2) is 14.8. The van der Waals surface area contributed by atoms with Crippen molar-refractivity contribution in [1.29, 1.82) is 0 Å². The zero-order valence-corrected chi connectivity index (χ0v) is 26.7. The van der Waals surface area contributed by atoms with Gasteiger partial charge in [-0.2, -0.15) is 26.3 Å². The van der Waals surface area contributed by atoms with E-state index < -0.39 is 35.7 Å². The number of hydrogen-bond donors (Lipinski definition) is 3. The number of amides is 2. The Balaban J connectivity index is 0.000000671. The first-order valence-electron chi connectivity index (χ1n) is 15.4. The first-order valence-corrected chi connectivity index (χ1v) is 15.4. The van der Waals surface area contributed by atoms with Crippen LogP contribution >= 0.6 is 0 Å². The first kappa shape index (κ1) is 37.0. The molecule has 2 aliphatic heterocycles. The Hall–Kier alpha value is -3.79. The molecule has 2 heterocycles. The standard InChI is InChI=1S/C30H38F4N4O3.C2HF3O2/c1-37-11-7-24(8-12-37)38-13-10-29(19-4-5-25(40-2)26(16-19)41-3)9-6-22(18-27(29)38)35-28(39)36-23-15-20(30(32,33)34)14-21(31)17-23;3-2(4,5)1(6)7/h4-5,14-17,22,24,27H,6-13,18H2,1-3H3,(H2,35,36,39);(H,6,7). The summed E-state index contributed by atoms with van der Waals surface area (Å²) in [7, 11) is 5.39. The number of benzene rings is 2. The molecular formula is C32H39F7N4O5. The molecule has 1 saturated carbocycles. The minimum absolute atomic E-state index is 0.123. The number of nitrogens with one attached hydrogen (secondary N) is 2. The van der Waals surface area contributed by atoms with E-state index in [0.717, 1.165) is 57.5 Å². The Morgan fingerprint density at radius 1 is 0.917 bits per heavy atom. The van der Waals surface area contributed by atoms with Crippen LogP contribution in [0.2, 0.25) is 0 Å². The number of piperidine rings is 1. The van der Waals surface area contributed by atoms with Crippen molar-refractivity contribution in [3.8, 4) is 11.5 Å². The van der Waals surface area contributed by atoms with Crippen LogP contribution in [0.25, 0.3) is 0 Å². The second-order valence-electron chi connectivity index (χ2n) is 12.4. The largest absolute Gasteiger partial charge is 0.493 e. The molecule has 0 radical (unpaired) electrons. The van der Waals surface area contributed by atoms with E-state index in [9.17, 15) is 35.5 Å². The Bertz CT molecular complexity index is 1450. The zero-order chi connectivity index (χ0) is 35.4. The molecule has 2 aromatic rings. The van der Waals surface area contributed by atoms with E-state index in [0.29, 0.717) is 36.4 Å². The molecule has 2 amide bonds. The SMILES string of the molecule is COc1ccc(C23CCC(NC(=O)Nc4cc(F)cc(C(F)(F)F)c4)CC2N(C2CCN(C)CC2)CC3)cc1OC.O=C(O)C(F)(F)F. The smallest absolute Gasteiger partial charge is 0.490 e. The summed E-state index contributed by atoms with van der Waals surface area (Å²) in [6, 6.07) is 7.97. The van der Waals surface area contributed by atoms with Crippen molar-refractivity contribution in [2.45, 2.75) is 74.4 Å². The summed E-state index contributed by atoms with van der Waals surface area (Å²) in [6.45, 7) is 3.03. The van der Waals surface area contributed by atoms with E-state index in [1.54, 1.807) is 14.2 Å². The van der Waals surface area contributed by atoms with Crippen molar-refractivity contribution in [3.05, 3.63) is 53.3 Å². The number of carbonyl (C=O) groups is 2. The molecular weight excluding hydrogens is 653 g/mol. The fourth-order valence-corrected chi connectivity index (χ4v) is 7.14. The highest BCUT2D eigenvalue weighted by molar-refractivity contribution is 5.89. The molecule has 16 heteroatoms. The molecule has 3 unspecified atom stereocenters. The number of rotatable bonds is 6. The maximum Gasteiger partial charge on any atom is 0.490 e. The van der Waals surface area contributed by atoms with Crippen LogP contribution in [-0.2, 0) is 16.4 Å². The van der Waals surface area contributed by atoms with Gasteiger partial charge in [0.1, 0.15) is 5.82 Å². The van der Waals surface area contributed by atoms with E-state index in [1.807, 2.05) is 6.07 Å². The number of carboxylic acids is 1. The quantitative estimate of drug-likeness (QED) is 0.307. The molecule has 0 aromatic heterocycles. The number of nitrogens with zero attached hydrogens (tertiary/aromatic N) is 2. The topological polar surface area (TPSA) is 103 Å². The Kier molecular flexibility index (Phi) is 11.4. The highest BCUT2D eigenvalue weighted by atomic mass is 19.4. The number of fused-ring (bicyclic) bond motifs is 1. The maximum atomic E-state index is 13.9. The summed E-state index contributed by atoms with van der Waals surface area (Å²) in [6.07, 6.45) is -4.42. The molecule has 2 aromatic carbocycles. The fourth-order valence-electron chi connectivity index (χ4n) is 7.14. The molecule has 1 aliphatic carbocycles. The Morgan fingerprint density at radius 3 is 2.15 bits per heavy atom. The third kappa shape index (κ3) is 8.62. The van der Waals surface area contributed by atoms with Gasteiger partial charge in [0.25, 0.3) is 0 Å². The Morgan fingerprint density at radius 2 is 1.56 bits per heavy atom. The molecule has 3 atom stereocenters. The van der Waals surface area contributed by atoms with Crippen LogP contribution < -0.4 is 20.1 Å². The van der Waals surface area contributed by atoms with Gasteiger partial charge in [-0.1, -0.05) is 6.07 Å². The minimum atomic E-state index is -5.08. The van der Waals surface area contributed by atoms with Gasteiger partial charge in [0, 0.05) is 29.2 Å². The van der Waals surface area contributed by atoms with E-state index in [-0.39, 0.29) is 23.2 Å². The summed E-state index contributed by atoms with van der Waals surface area (Å²) >= 11 is 0. The van der Waals surface area contributed by atoms with Gasteiger partial charge >= 0.3 is 24.4 Å². The monoisotopic (exact) mass is 692 g/mol. The lowest BCUT2D eigenvalue weighted by atomic mass is 9.65. The van der Waals surface area contributed by atoms with Crippen molar-refractivity contribution in [3.63, 3.8) is 0 Å². The number of carbonyl (C=O) groups excluding carboxylic acids is 1. The van der Waals surface area contributed by atoms with E-state index >= 15 is 0 Å². The van der Waals surface area contributed by atoms with Crippen molar-refractivity contribution >= 4 is 17.7 Å². The summed E-state index contributed by atoms with van der Waals surface area (Å²) in [5, 5.41) is 12.5. The van der Waals surface area contributed by atoms with Crippen molar-refractivity contribution in [1.82, 2.24) is 15.1 Å². The molecule has 3 N–H and O–H groups in total. The van der Waals surface area contributed by atoms with Crippen LogP contribution in [0.15, 0.2) is 36.4 Å². The van der Waals surface area contributed by atoms with Crippen molar-refractivity contribution in [2.75, 3.05) is 46.2 Å². The second-order valence-corrected chi connectivity index (χ2v) is 12.4. The van der Waals surface area contributed by atoms with Gasteiger partial charge in [-0.3, -0.25) is 4.90 Å². The lowest BCUT2D eigenvalue weighted by Crippen LogP contribution is -2.56. The highest BCUT2D eigenvalue weighted by Gasteiger charge is 2.53. The maximum absolute atomic E-state index is 13.9. The average molecular weight is 693 g/mol. The molecule has 3 fully saturated rings. The number of hydrogen-bond acceptors (Lipinski definition) is 6. The van der Waals surface area contributed by atoms with Crippen molar-refractivity contribution < 1.29 is 54.9 Å². The van der Waals surface area contributed by atoms with Gasteiger partial charge in [0.2, 0.25) is 0 Å². The van der Waals surface area contributed by atoms with Crippen molar-refractivity contribution in [2.24, 2.45) is 0 Å². The first-order chi connectivity index (χ1) is 22.5. The number of alkyl halides is 6. The summed E-state index contributed by atoms with van der Waals surface area (Å²) in [4.78, 5) is 26.8. The summed E-state index contributed by atoms with van der Waals surface area (Å²) < 4.78 is 96.1. The van der Waals surface area contributed by atoms with E-state index in [4.69, 9.17) is 19.4 Å². The fraction of sp³-hybridized carbons (Fsp3) is 0.562. The van der Waals surface area contributed by atoms with Gasteiger partial charge in [-0.05, 0) is 101 Å². The van der Waals surface area contributed by atoms with Gasteiger partial charge in [0.15, 0.2) is 11.5 Å². The van der Waals surface area contributed by atoms with Crippen LogP contribution in [0, 0.1) is 5.82 Å². The number of halogens is 7. The third-order valence-electron chi connectivity index (χ3n) is 9.48. The van der Waals surface area contributed by atoms with Gasteiger partial charge < -0.3 is 30.1 Å². The molecule has 9 nitrogen and oxygen atoms in total. The molecule has 266 valence electrons. The molecule has 2 saturated heterocycles. The number of anilines is 1. The molecule has 0 spiro atoms. The number of urea groups is 1. The van der Waals surface area contributed by atoms with Gasteiger partial charge in [-0.25, -0.2) is 14.0 Å². The highest BCUT2D eigenvalue weighted by Crippen LogP contribution is 2.51. The van der Waals surface area contributed by atoms with Crippen LogP contribution in [0.1, 0.15) is 49.7 Å². The average Bonchev–Trinajstić information content (AvgIpc) is 3.40. The van der Waals surface area contributed by atoms with Crippen LogP contribution in [0.3, 0.4) is 0 Å². The van der Waals surface area contributed by atoms with E-state index in [2.05, 4.69) is 39.6 Å². The lowest BCUT2D eigenvalue weighted by Gasteiger charge is -2.48. The number of aliphatic carboxylic acids is 1. The molecule has 3 aliphatic rings. The summed E-state index contributed by atoms with van der Waals surface area (Å²) in [5.41, 5.74) is -0.316. The summed E-state index contributed by atoms with van der Waals surface area (Å²) in [5.74, 6) is -2.46. The number of methoxy groups -OCH3 is 2. The molecule has 48 heavy (non-hydrogen) atoms. The predicted molar refractivity (Wildman–Crippen MR) is 162 cm³/mol. The van der Waals surface area contributed by atoms with Crippen LogP contribution in [-0.4, -0.2) is 92.1 Å². The molecule has 0 bridgehead atoms. The third-order valence-corrected chi connectivity index (χ3v) is 9.48. The molecule has 5 rings (SSSR count). The number of carboxylic acid groups (broad SMARTS) is 1. The Labute approximate surface area is 273 Å². The lowest BCUT2D eigenvalue weighted by molar-refractivity contribution is -0.192. The van der Waals surface area contributed by atoms with Crippen LogP contribution in [0.5, 0.6) is 11.5 Å². The van der Waals surface area contributed by atoms with E-state index in [1.165, 1.54) is 5.56 Å². The minimum Gasteiger partial charge on any atom is -0.493 e.